The maximum absolute atomic E-state index is 13.1. The topological polar surface area (TPSA) is 77.1 Å². The summed E-state index contributed by atoms with van der Waals surface area (Å²) in [6.45, 7) is -0.504. The summed E-state index contributed by atoms with van der Waals surface area (Å²) in [4.78, 5) is 11.1. The molecule has 9 heteroatoms. The van der Waals surface area contributed by atoms with E-state index >= 15 is 0 Å². The van der Waals surface area contributed by atoms with Crippen molar-refractivity contribution in [3.63, 3.8) is 0 Å². The third-order valence-electron chi connectivity index (χ3n) is 2.73. The van der Waals surface area contributed by atoms with Gasteiger partial charge in [0, 0.05) is 5.39 Å². The number of esters is 1. The summed E-state index contributed by atoms with van der Waals surface area (Å²) in [5.74, 6) is -1.32. The number of hydrogen-bond acceptors (Lipinski definition) is 7. The summed E-state index contributed by atoms with van der Waals surface area (Å²) in [5, 5.41) is 9.98. The van der Waals surface area contributed by atoms with Crippen LogP contribution in [0, 0.1) is 0 Å². The Hall–Kier alpha value is -1.94. The molecular formula is C14H11F2O6S-. The summed E-state index contributed by atoms with van der Waals surface area (Å²) < 4.78 is 39.3. The molecule has 0 saturated carbocycles. The molecule has 0 aliphatic carbocycles. The van der Waals surface area contributed by atoms with E-state index in [9.17, 15) is 18.8 Å². The predicted molar refractivity (Wildman–Crippen MR) is 75.1 cm³/mol. The van der Waals surface area contributed by atoms with Gasteiger partial charge >= 0.3 is 11.2 Å². The van der Waals surface area contributed by atoms with Crippen LogP contribution in [0.1, 0.15) is 0 Å². The van der Waals surface area contributed by atoms with Gasteiger partial charge in [0.1, 0.15) is 31.0 Å². The molecule has 0 bridgehead atoms. The smallest absolute Gasteiger partial charge is 0.415 e. The first kappa shape index (κ1) is 17.4. The normalized spacial score (nSPS) is 11.4. The van der Waals surface area contributed by atoms with E-state index in [2.05, 4.69) is 14.1 Å². The number of carbonyl (C=O) groups excluding carboxylic acids is 1. The van der Waals surface area contributed by atoms with Crippen molar-refractivity contribution in [3.05, 3.63) is 42.5 Å². The number of hydrogen-bond donors (Lipinski definition) is 0. The molecule has 0 atom stereocenters. The molecule has 0 amide bonds. The second kappa shape index (κ2) is 8.06. The van der Waals surface area contributed by atoms with Gasteiger partial charge in [0.15, 0.2) is 0 Å². The number of fused-ring (bicyclic) bond motifs is 1. The number of benzene rings is 2. The van der Waals surface area contributed by atoms with Crippen LogP contribution in [-0.4, -0.2) is 24.4 Å². The Morgan fingerprint density at radius 2 is 1.87 bits per heavy atom. The molecule has 0 aliphatic heterocycles. The van der Waals surface area contributed by atoms with E-state index in [4.69, 9.17) is 4.74 Å². The van der Waals surface area contributed by atoms with Crippen molar-refractivity contribution < 1.29 is 37.7 Å². The van der Waals surface area contributed by atoms with Crippen molar-refractivity contribution in [1.29, 1.82) is 0 Å². The van der Waals surface area contributed by atoms with Crippen LogP contribution in [0.25, 0.3) is 10.8 Å². The molecule has 0 radical (unpaired) electrons. The minimum Gasteiger partial charge on any atom is -0.691 e. The minimum absolute atomic E-state index is 0.112. The van der Waals surface area contributed by atoms with Crippen molar-refractivity contribution in [2.45, 2.75) is 5.25 Å². The van der Waals surface area contributed by atoms with Gasteiger partial charge in [0.25, 0.3) is 0 Å². The first-order chi connectivity index (χ1) is 11.0. The van der Waals surface area contributed by atoms with E-state index in [1.165, 1.54) is 0 Å². The van der Waals surface area contributed by atoms with Gasteiger partial charge in [-0.05, 0) is 11.5 Å². The zero-order valence-electron chi connectivity index (χ0n) is 11.6. The molecule has 0 heterocycles. The SMILES string of the molecule is O=C(OCCOc1cccc2ccccc12)C(F)(F)SOO[O-]. The maximum atomic E-state index is 13.1. The van der Waals surface area contributed by atoms with Gasteiger partial charge in [-0.25, -0.2) is 4.79 Å². The summed E-state index contributed by atoms with van der Waals surface area (Å²) in [6.07, 6.45) is 0. The predicted octanol–water partition coefficient (Wildman–Crippen LogP) is 2.23. The highest BCUT2D eigenvalue weighted by atomic mass is 32.2. The summed E-state index contributed by atoms with van der Waals surface area (Å²) in [7, 11) is 0. The minimum atomic E-state index is -4.05. The van der Waals surface area contributed by atoms with Crippen LogP contribution in [-0.2, 0) is 18.9 Å². The average molecular weight is 345 g/mol. The molecule has 2 rings (SSSR count). The van der Waals surface area contributed by atoms with Crippen LogP contribution < -0.4 is 9.99 Å². The van der Waals surface area contributed by atoms with Crippen LogP contribution in [0.3, 0.4) is 0 Å². The van der Waals surface area contributed by atoms with Crippen LogP contribution in [0.15, 0.2) is 42.5 Å². The zero-order chi connectivity index (χ0) is 16.7. The van der Waals surface area contributed by atoms with Crippen molar-refractivity contribution in [2.24, 2.45) is 0 Å². The maximum Gasteiger partial charge on any atom is 0.415 e. The molecule has 23 heavy (non-hydrogen) atoms. The molecule has 0 saturated heterocycles. The van der Waals surface area contributed by atoms with Crippen molar-refractivity contribution in [2.75, 3.05) is 13.2 Å². The summed E-state index contributed by atoms with van der Waals surface area (Å²) in [5.41, 5.74) is 0. The van der Waals surface area contributed by atoms with Gasteiger partial charge in [0.05, 0.1) is 0 Å². The van der Waals surface area contributed by atoms with Crippen LogP contribution >= 0.6 is 12.0 Å². The highest BCUT2D eigenvalue weighted by Crippen LogP contribution is 2.31. The number of rotatable bonds is 8. The van der Waals surface area contributed by atoms with Gasteiger partial charge in [-0.3, -0.25) is 5.04 Å². The van der Waals surface area contributed by atoms with Crippen molar-refractivity contribution >= 4 is 28.8 Å². The molecule has 0 N–H and O–H groups in total. The lowest BCUT2D eigenvalue weighted by Crippen LogP contribution is -2.29. The van der Waals surface area contributed by atoms with Crippen molar-refractivity contribution in [3.8, 4) is 5.75 Å². The molecule has 2 aromatic rings. The quantitative estimate of drug-likeness (QED) is 0.239. The summed E-state index contributed by atoms with van der Waals surface area (Å²) in [6, 6.07) is 12.9. The second-order valence-corrected chi connectivity index (χ2v) is 5.01. The fourth-order valence-electron chi connectivity index (χ4n) is 1.78. The third kappa shape index (κ3) is 4.76. The number of halogens is 2. The van der Waals surface area contributed by atoms with Gasteiger partial charge < -0.3 is 14.7 Å². The Morgan fingerprint density at radius 1 is 1.13 bits per heavy atom. The van der Waals surface area contributed by atoms with Gasteiger partial charge in [0.2, 0.25) is 0 Å². The van der Waals surface area contributed by atoms with E-state index < -0.39 is 29.9 Å². The van der Waals surface area contributed by atoms with Crippen LogP contribution in [0.5, 0.6) is 5.75 Å². The van der Waals surface area contributed by atoms with E-state index in [-0.39, 0.29) is 6.61 Å². The highest BCUT2D eigenvalue weighted by molar-refractivity contribution is 7.96. The summed E-state index contributed by atoms with van der Waals surface area (Å²) >= 11 is -0.740. The Morgan fingerprint density at radius 3 is 2.65 bits per heavy atom. The van der Waals surface area contributed by atoms with Crippen LogP contribution in [0.4, 0.5) is 8.78 Å². The fraction of sp³-hybridized carbons (Fsp3) is 0.214. The Balaban J connectivity index is 1.84. The van der Waals surface area contributed by atoms with E-state index in [0.717, 1.165) is 10.8 Å². The first-order valence-electron chi connectivity index (χ1n) is 6.34. The fourth-order valence-corrected chi connectivity index (χ4v) is 2.02. The molecule has 0 aromatic heterocycles. The van der Waals surface area contributed by atoms with E-state index in [1.54, 1.807) is 12.1 Å². The van der Waals surface area contributed by atoms with E-state index in [0.29, 0.717) is 5.75 Å². The Labute approximate surface area is 134 Å². The number of alkyl halides is 2. The van der Waals surface area contributed by atoms with Crippen LogP contribution in [0.2, 0.25) is 0 Å². The van der Waals surface area contributed by atoms with E-state index in [1.807, 2.05) is 30.3 Å². The third-order valence-corrected chi connectivity index (χ3v) is 3.23. The van der Waals surface area contributed by atoms with Crippen molar-refractivity contribution in [1.82, 2.24) is 0 Å². The largest absolute Gasteiger partial charge is 0.691 e. The Kier molecular flexibility index (Phi) is 6.11. The molecule has 2 aromatic carbocycles. The monoisotopic (exact) mass is 345 g/mol. The average Bonchev–Trinajstić information content (AvgIpc) is 2.56. The first-order valence-corrected chi connectivity index (χ1v) is 7.08. The number of ether oxygens (including phenoxy) is 2. The molecule has 124 valence electrons. The molecule has 0 unspecified atom stereocenters. The standard InChI is InChI=1S/C14H12F2O6S/c15-14(16,23-22-21-18)13(17)20-9-8-19-12-7-3-5-10-4-1-2-6-11(10)12/h1-7,18H,8-9H2/p-1. The molecule has 0 spiro atoms. The zero-order valence-corrected chi connectivity index (χ0v) is 12.4. The Bertz CT molecular complexity index is 661. The van der Waals surface area contributed by atoms with Gasteiger partial charge in [-0.1, -0.05) is 36.4 Å². The molecule has 0 aliphatic rings. The second-order valence-electron chi connectivity index (χ2n) is 4.20. The lowest BCUT2D eigenvalue weighted by molar-refractivity contribution is -0.777. The van der Waals surface area contributed by atoms with Gasteiger partial charge in [-0.15, -0.1) is 0 Å². The highest BCUT2D eigenvalue weighted by Gasteiger charge is 2.43. The van der Waals surface area contributed by atoms with Gasteiger partial charge in [-0.2, -0.15) is 13.1 Å². The molecule has 6 nitrogen and oxygen atoms in total. The molecule has 0 fully saturated rings. The number of carbonyl (C=O) groups is 1. The lowest BCUT2D eigenvalue weighted by atomic mass is 10.1. The molecular weight excluding hydrogens is 334 g/mol. The lowest BCUT2D eigenvalue weighted by Gasteiger charge is -2.14.